The zero-order valence-electron chi connectivity index (χ0n) is 52.1. The van der Waals surface area contributed by atoms with Gasteiger partial charge < -0.3 is 51.1 Å². The lowest BCUT2D eigenvalue weighted by molar-refractivity contribution is -0.140. The first-order valence-electron chi connectivity index (χ1n) is 31.4. The molecule has 28 heteroatoms. The summed E-state index contributed by atoms with van der Waals surface area (Å²) >= 11 is 0. The number of aromatic nitrogens is 1. The number of carboxylic acid groups (broad SMARTS) is 3. The minimum atomic E-state index is -3.18. The lowest BCUT2D eigenvalue weighted by Crippen LogP contribution is -2.52. The van der Waals surface area contributed by atoms with E-state index in [0.29, 0.717) is 120 Å². The van der Waals surface area contributed by atoms with Crippen molar-refractivity contribution >= 4 is 64.3 Å². The maximum absolute atomic E-state index is 13.9. The summed E-state index contributed by atoms with van der Waals surface area (Å²) in [5.74, 6) is -8.17. The molecule has 26 nitrogen and oxygen atoms in total. The van der Waals surface area contributed by atoms with Crippen molar-refractivity contribution in [1.29, 1.82) is 5.26 Å². The molecule has 7 N–H and O–H groups in total. The van der Waals surface area contributed by atoms with Crippen LogP contribution in [0.2, 0.25) is 0 Å². The van der Waals surface area contributed by atoms with Gasteiger partial charge in [-0.05, 0) is 88.1 Å². The molecule has 3 aromatic rings. The highest BCUT2D eigenvalue weighted by Crippen LogP contribution is 2.32. The van der Waals surface area contributed by atoms with E-state index in [-0.39, 0.29) is 108 Å². The molecule has 0 aliphatic carbocycles. The van der Waals surface area contributed by atoms with Crippen LogP contribution in [-0.4, -0.2) is 270 Å². The Morgan fingerprint density at radius 3 is 1.87 bits per heavy atom. The standard InChI is InChI=1S/C63H89F2N13O13/c1-46-13-15-47(16-14-46)9-7-11-54(79)68-20-6-4-10-53(71-55(80)41-73-24-26-74(42-58(83)84)28-30-76(44-60(87)88)31-29-75(27-25-73)43-59(85)86)62(90)69-21-5-2-3-12-56(81)77-34-32-72(33-35-77)23-8-36-91-49-17-18-52-51(37-49)50(19-22-67-52)61(89)70-40-57(82)78-45-63(64,65)38-48(78)39-66/h13-19,22,37,48,53H,2-12,20-21,23-36,38,40-45H2,1H3,(H,68,79)(H,69,90)(H,70,89)(H,71,80)(H,83,84)(H,85,86)(H,87,88)/t48-,53?/m1/s1. The maximum atomic E-state index is 13.9. The summed E-state index contributed by atoms with van der Waals surface area (Å²) in [7, 11) is 0. The lowest BCUT2D eigenvalue weighted by Gasteiger charge is -2.34. The number of likely N-dealkylation sites (tertiary alicyclic amines) is 1. The van der Waals surface area contributed by atoms with Gasteiger partial charge in [-0.3, -0.25) is 72.6 Å². The minimum absolute atomic E-state index is 0.0476. The molecule has 6 amide bonds. The largest absolute Gasteiger partial charge is 0.494 e. The monoisotopic (exact) mass is 1270 g/mol. The zero-order chi connectivity index (χ0) is 65.7. The van der Waals surface area contributed by atoms with Crippen LogP contribution in [-0.2, 0) is 44.8 Å². The van der Waals surface area contributed by atoms with Crippen molar-refractivity contribution in [2.24, 2.45) is 0 Å². The Balaban J connectivity index is 0.920. The molecule has 3 fully saturated rings. The average molecular weight is 1270 g/mol. The van der Waals surface area contributed by atoms with Crippen LogP contribution < -0.4 is 26.0 Å². The van der Waals surface area contributed by atoms with Crippen LogP contribution in [0.25, 0.3) is 10.9 Å². The van der Waals surface area contributed by atoms with Crippen LogP contribution in [0.4, 0.5) is 8.78 Å². The predicted molar refractivity (Wildman–Crippen MR) is 331 cm³/mol. The highest BCUT2D eigenvalue weighted by Gasteiger charge is 2.47. The summed E-state index contributed by atoms with van der Waals surface area (Å²) in [6, 6.07) is 14.3. The molecule has 0 bridgehead atoms. The van der Waals surface area contributed by atoms with Crippen molar-refractivity contribution in [3.63, 3.8) is 0 Å². The number of halogens is 2. The minimum Gasteiger partial charge on any atom is -0.494 e. The molecule has 498 valence electrons. The van der Waals surface area contributed by atoms with E-state index in [2.05, 4.69) is 43.3 Å². The van der Waals surface area contributed by atoms with Crippen LogP contribution in [0.1, 0.15) is 92.1 Å². The van der Waals surface area contributed by atoms with Gasteiger partial charge >= 0.3 is 17.9 Å². The average Bonchev–Trinajstić information content (AvgIpc) is 1.89. The number of unbranched alkanes of at least 4 members (excludes halogenated alkanes) is 3. The number of hydrogen-bond acceptors (Lipinski definition) is 17. The summed E-state index contributed by atoms with van der Waals surface area (Å²) in [6.45, 7) is 5.51. The van der Waals surface area contributed by atoms with Gasteiger partial charge in [-0.1, -0.05) is 36.2 Å². The van der Waals surface area contributed by atoms with Crippen LogP contribution in [0.5, 0.6) is 5.75 Å². The third-order valence-corrected chi connectivity index (χ3v) is 16.3. The molecule has 91 heavy (non-hydrogen) atoms. The number of aryl methyl sites for hydroxylation is 2. The summed E-state index contributed by atoms with van der Waals surface area (Å²) in [5, 5.41) is 49.9. The molecule has 0 saturated carbocycles. The third kappa shape index (κ3) is 26.0. The summed E-state index contributed by atoms with van der Waals surface area (Å²) in [5.41, 5.74) is 3.04. The number of benzene rings is 2. The van der Waals surface area contributed by atoms with E-state index in [9.17, 15) is 72.5 Å². The molecule has 0 radical (unpaired) electrons. The Hall–Kier alpha value is -7.97. The van der Waals surface area contributed by atoms with Crippen LogP contribution in [0, 0.1) is 18.3 Å². The molecular weight excluding hydrogens is 1180 g/mol. The molecule has 1 unspecified atom stereocenters. The Morgan fingerprint density at radius 2 is 1.25 bits per heavy atom. The third-order valence-electron chi connectivity index (χ3n) is 16.3. The fraction of sp³-hybridized carbons (Fsp3) is 0.603. The second kappa shape index (κ2) is 37.4. The van der Waals surface area contributed by atoms with Gasteiger partial charge in [0, 0.05) is 129 Å². The number of nitrogens with zero attached hydrogens (tertiary/aromatic N) is 9. The number of amides is 6. The molecule has 0 spiro atoms. The zero-order valence-corrected chi connectivity index (χ0v) is 52.1. The number of carboxylic acids is 3. The van der Waals surface area contributed by atoms with E-state index in [4.69, 9.17) is 4.74 Å². The first kappa shape index (κ1) is 72.1. The first-order valence-corrected chi connectivity index (χ1v) is 31.4. The van der Waals surface area contributed by atoms with Crippen LogP contribution >= 0.6 is 0 Å². The normalized spacial score (nSPS) is 17.6. The smallest absolute Gasteiger partial charge is 0.317 e. The van der Waals surface area contributed by atoms with E-state index >= 15 is 0 Å². The Bertz CT molecular complexity index is 2930. The molecular formula is C63H89F2N13O13. The van der Waals surface area contributed by atoms with Crippen molar-refractivity contribution in [1.82, 2.24) is 60.6 Å². The van der Waals surface area contributed by atoms with Crippen LogP contribution in [0.3, 0.4) is 0 Å². The number of nitrogens with one attached hydrogen (secondary N) is 4. The summed E-state index contributed by atoms with van der Waals surface area (Å²) in [6.07, 6.45) is 6.73. The highest BCUT2D eigenvalue weighted by molar-refractivity contribution is 6.07. The number of ether oxygens (including phenoxy) is 1. The summed E-state index contributed by atoms with van der Waals surface area (Å²) in [4.78, 5) is 131. The van der Waals surface area contributed by atoms with E-state index in [0.717, 1.165) is 23.4 Å². The maximum Gasteiger partial charge on any atom is 0.317 e. The summed E-state index contributed by atoms with van der Waals surface area (Å²) < 4.78 is 33.9. The number of fused-ring (bicyclic) bond motifs is 1. The number of pyridine rings is 1. The molecule has 3 saturated heterocycles. The van der Waals surface area contributed by atoms with Gasteiger partial charge in [0.05, 0.1) is 63.0 Å². The van der Waals surface area contributed by atoms with Gasteiger partial charge in [0.15, 0.2) is 0 Å². The molecule has 3 aliphatic heterocycles. The predicted octanol–water partition coefficient (Wildman–Crippen LogP) is 1.89. The number of rotatable bonds is 33. The number of aliphatic carboxylic acids is 3. The number of nitriles is 1. The van der Waals surface area contributed by atoms with Crippen LogP contribution in [0.15, 0.2) is 54.7 Å². The first-order chi connectivity index (χ1) is 43.6. The van der Waals surface area contributed by atoms with Gasteiger partial charge in [-0.2, -0.15) is 5.26 Å². The molecule has 6 rings (SSSR count). The van der Waals surface area contributed by atoms with E-state index in [1.807, 2.05) is 24.0 Å². The van der Waals surface area contributed by atoms with Gasteiger partial charge in [0.1, 0.15) is 17.8 Å². The van der Waals surface area contributed by atoms with E-state index < -0.39 is 73.1 Å². The molecule has 2 atom stereocenters. The van der Waals surface area contributed by atoms with Gasteiger partial charge in [-0.15, -0.1) is 0 Å². The van der Waals surface area contributed by atoms with Crippen molar-refractivity contribution in [3.8, 4) is 11.8 Å². The quantitative estimate of drug-likeness (QED) is 0.0428. The van der Waals surface area contributed by atoms with Crippen molar-refractivity contribution in [3.05, 3.63) is 71.4 Å². The molecule has 4 heterocycles. The molecule has 2 aromatic carbocycles. The Kier molecular flexibility index (Phi) is 29.6. The molecule has 1 aromatic heterocycles. The number of carbonyl (C=O) groups excluding carboxylic acids is 6. The second-order valence-corrected chi connectivity index (χ2v) is 23.6. The number of hydrogen-bond donors (Lipinski definition) is 7. The topological polar surface area (TPSA) is 331 Å². The number of carbonyl (C=O) groups is 9. The Labute approximate surface area is 529 Å². The van der Waals surface area contributed by atoms with E-state index in [1.165, 1.54) is 17.8 Å². The van der Waals surface area contributed by atoms with E-state index in [1.54, 1.807) is 43.9 Å². The second-order valence-electron chi connectivity index (χ2n) is 23.6. The van der Waals surface area contributed by atoms with Gasteiger partial charge in [0.2, 0.25) is 29.5 Å². The molecule has 3 aliphatic rings. The van der Waals surface area contributed by atoms with Crippen molar-refractivity contribution in [2.75, 3.05) is 144 Å². The lowest BCUT2D eigenvalue weighted by atomic mass is 10.1. The Morgan fingerprint density at radius 1 is 0.659 bits per heavy atom. The highest BCUT2D eigenvalue weighted by atomic mass is 19.3. The number of piperazine rings is 1. The fourth-order valence-corrected chi connectivity index (χ4v) is 11.2. The van der Waals surface area contributed by atoms with Crippen molar-refractivity contribution in [2.45, 2.75) is 102 Å². The van der Waals surface area contributed by atoms with Gasteiger partial charge in [0.25, 0.3) is 11.8 Å². The number of alkyl halides is 2. The SMILES string of the molecule is Cc1ccc(CCCC(=O)NCCCCC(NC(=O)CN2CCN(CC(=O)O)CCN(CC(=O)O)CCN(CC(=O)O)CC2)C(=O)NCCCCCC(=O)N2CCN(CCCOc3ccc4nccc(C(=O)NCC(=O)N5CC(F)(F)C[C@@H]5C#N)c4c3)CC2)cc1. The van der Waals surface area contributed by atoms with Gasteiger partial charge in [-0.25, -0.2) is 8.78 Å². The van der Waals surface area contributed by atoms with Crippen molar-refractivity contribution < 1.29 is 72.0 Å². The fourth-order valence-electron chi connectivity index (χ4n) is 11.2.